The zero-order valence-corrected chi connectivity index (χ0v) is 14.5. The number of aromatic nitrogens is 4. The molecule has 8 nitrogen and oxygen atoms in total. The Kier molecular flexibility index (Phi) is 5.81. The third-order valence-corrected chi connectivity index (χ3v) is 4.34. The number of aromatic amines is 1. The largest absolute Gasteiger partial charge is 0.449 e. The van der Waals surface area contributed by atoms with Crippen LogP contribution in [0.3, 0.4) is 0 Å². The standard InChI is InChI=1S/C17H24N6O2/c1-2-3-12-25-17(24)23-10-8-22(9-11-23)15-7-5-4-6-14(15)13-16-18-20-21-19-16/h4-7H,2-3,8-13H2,1H3,(H,18,19,20,21). The number of unbranched alkanes of at least 4 members (excludes halogenated alkanes) is 1. The Bertz CT molecular complexity index is 668. The first kappa shape index (κ1) is 17.2. The van der Waals surface area contributed by atoms with Crippen molar-refractivity contribution in [1.82, 2.24) is 25.5 Å². The maximum absolute atomic E-state index is 12.1. The minimum atomic E-state index is -0.200. The lowest BCUT2D eigenvalue weighted by atomic mass is 10.1. The highest BCUT2D eigenvalue weighted by Gasteiger charge is 2.23. The molecular formula is C17H24N6O2. The van der Waals surface area contributed by atoms with Crippen molar-refractivity contribution in [1.29, 1.82) is 0 Å². The Morgan fingerprint density at radius 1 is 1.24 bits per heavy atom. The molecule has 0 spiro atoms. The van der Waals surface area contributed by atoms with E-state index < -0.39 is 0 Å². The van der Waals surface area contributed by atoms with E-state index >= 15 is 0 Å². The summed E-state index contributed by atoms with van der Waals surface area (Å²) in [6, 6.07) is 8.24. The van der Waals surface area contributed by atoms with Gasteiger partial charge in [0.25, 0.3) is 0 Å². The van der Waals surface area contributed by atoms with Crippen molar-refractivity contribution in [2.75, 3.05) is 37.7 Å². The van der Waals surface area contributed by atoms with E-state index in [1.807, 2.05) is 12.1 Å². The molecule has 1 fully saturated rings. The lowest BCUT2D eigenvalue weighted by molar-refractivity contribution is 0.0989. The van der Waals surface area contributed by atoms with E-state index in [2.05, 4.69) is 44.6 Å². The van der Waals surface area contributed by atoms with Gasteiger partial charge in [-0.05, 0) is 28.5 Å². The lowest BCUT2D eigenvalue weighted by Crippen LogP contribution is -2.49. The van der Waals surface area contributed by atoms with Gasteiger partial charge in [0.1, 0.15) is 0 Å². The van der Waals surface area contributed by atoms with E-state index in [-0.39, 0.29) is 6.09 Å². The van der Waals surface area contributed by atoms with Gasteiger partial charge < -0.3 is 14.5 Å². The number of benzene rings is 1. The molecule has 0 bridgehead atoms. The van der Waals surface area contributed by atoms with Crippen LogP contribution < -0.4 is 4.90 Å². The molecule has 0 unspecified atom stereocenters. The summed E-state index contributed by atoms with van der Waals surface area (Å²) in [7, 11) is 0. The number of para-hydroxylation sites is 1. The van der Waals surface area contributed by atoms with Gasteiger partial charge in [-0.1, -0.05) is 31.5 Å². The minimum Gasteiger partial charge on any atom is -0.449 e. The number of tetrazole rings is 1. The van der Waals surface area contributed by atoms with Crippen LogP contribution >= 0.6 is 0 Å². The van der Waals surface area contributed by atoms with Gasteiger partial charge in [-0.2, -0.15) is 0 Å². The second-order valence-corrected chi connectivity index (χ2v) is 6.10. The van der Waals surface area contributed by atoms with Gasteiger partial charge in [0, 0.05) is 38.3 Å². The highest BCUT2D eigenvalue weighted by Crippen LogP contribution is 2.23. The van der Waals surface area contributed by atoms with Crippen LogP contribution in [0.15, 0.2) is 24.3 Å². The van der Waals surface area contributed by atoms with E-state index in [0.717, 1.165) is 37.4 Å². The second-order valence-electron chi connectivity index (χ2n) is 6.10. The lowest BCUT2D eigenvalue weighted by Gasteiger charge is -2.36. The van der Waals surface area contributed by atoms with Crippen molar-refractivity contribution >= 4 is 11.8 Å². The molecule has 1 saturated heterocycles. The molecule has 1 aliphatic heterocycles. The Hall–Kier alpha value is -2.64. The number of hydrogen-bond acceptors (Lipinski definition) is 6. The maximum Gasteiger partial charge on any atom is 0.409 e. The van der Waals surface area contributed by atoms with E-state index in [1.165, 1.54) is 5.56 Å². The molecular weight excluding hydrogens is 320 g/mol. The quantitative estimate of drug-likeness (QED) is 0.805. The molecule has 8 heteroatoms. The van der Waals surface area contributed by atoms with E-state index in [4.69, 9.17) is 4.74 Å². The Balaban J connectivity index is 1.59. The maximum atomic E-state index is 12.1. The average Bonchev–Trinajstić information content (AvgIpc) is 3.15. The van der Waals surface area contributed by atoms with E-state index in [0.29, 0.717) is 26.1 Å². The van der Waals surface area contributed by atoms with Gasteiger partial charge in [-0.3, -0.25) is 0 Å². The Morgan fingerprint density at radius 3 is 2.76 bits per heavy atom. The summed E-state index contributed by atoms with van der Waals surface area (Å²) in [6.07, 6.45) is 2.39. The fraction of sp³-hybridized carbons (Fsp3) is 0.529. The summed E-state index contributed by atoms with van der Waals surface area (Å²) in [5.41, 5.74) is 2.33. The fourth-order valence-electron chi connectivity index (χ4n) is 2.93. The van der Waals surface area contributed by atoms with E-state index in [1.54, 1.807) is 4.90 Å². The normalized spacial score (nSPS) is 14.6. The molecule has 1 N–H and O–H groups in total. The first-order valence-corrected chi connectivity index (χ1v) is 8.75. The molecule has 1 aromatic carbocycles. The number of hydrogen-bond donors (Lipinski definition) is 1. The monoisotopic (exact) mass is 344 g/mol. The summed E-state index contributed by atoms with van der Waals surface area (Å²) < 4.78 is 5.30. The second kappa shape index (κ2) is 8.46. The molecule has 25 heavy (non-hydrogen) atoms. The molecule has 0 atom stereocenters. The number of carbonyl (C=O) groups is 1. The number of piperazine rings is 1. The van der Waals surface area contributed by atoms with Crippen LogP contribution in [0.5, 0.6) is 0 Å². The number of rotatable bonds is 6. The van der Waals surface area contributed by atoms with Crippen molar-refractivity contribution < 1.29 is 9.53 Å². The van der Waals surface area contributed by atoms with Crippen molar-refractivity contribution in [2.24, 2.45) is 0 Å². The minimum absolute atomic E-state index is 0.200. The highest BCUT2D eigenvalue weighted by molar-refractivity contribution is 5.68. The van der Waals surface area contributed by atoms with Crippen LogP contribution in [0.2, 0.25) is 0 Å². The number of ether oxygens (including phenoxy) is 1. The number of amides is 1. The predicted octanol–water partition coefficient (Wildman–Crippen LogP) is 1.85. The first-order valence-electron chi connectivity index (χ1n) is 8.75. The summed E-state index contributed by atoms with van der Waals surface area (Å²) in [5, 5.41) is 14.0. The van der Waals surface area contributed by atoms with Gasteiger partial charge in [0.15, 0.2) is 5.82 Å². The van der Waals surface area contributed by atoms with Crippen LogP contribution in [0.25, 0.3) is 0 Å². The number of anilines is 1. The zero-order chi connectivity index (χ0) is 17.5. The van der Waals surface area contributed by atoms with Gasteiger partial charge >= 0.3 is 6.09 Å². The summed E-state index contributed by atoms with van der Waals surface area (Å²) in [5.74, 6) is 0.741. The average molecular weight is 344 g/mol. The fourth-order valence-corrected chi connectivity index (χ4v) is 2.93. The molecule has 134 valence electrons. The molecule has 2 heterocycles. The van der Waals surface area contributed by atoms with Crippen molar-refractivity contribution in [2.45, 2.75) is 26.2 Å². The van der Waals surface area contributed by atoms with Crippen LogP contribution in [0, 0.1) is 0 Å². The molecule has 0 aliphatic carbocycles. The third-order valence-electron chi connectivity index (χ3n) is 4.34. The van der Waals surface area contributed by atoms with Crippen molar-refractivity contribution in [3.63, 3.8) is 0 Å². The van der Waals surface area contributed by atoms with Crippen molar-refractivity contribution in [3.05, 3.63) is 35.7 Å². The summed E-state index contributed by atoms with van der Waals surface area (Å²) in [6.45, 7) is 5.50. The Labute approximate surface area is 147 Å². The van der Waals surface area contributed by atoms with Crippen LogP contribution in [0.1, 0.15) is 31.2 Å². The molecule has 0 saturated carbocycles. The molecule has 1 aromatic heterocycles. The summed E-state index contributed by atoms with van der Waals surface area (Å²) >= 11 is 0. The molecule has 3 rings (SSSR count). The predicted molar refractivity (Wildman–Crippen MR) is 93.5 cm³/mol. The molecule has 0 radical (unpaired) electrons. The number of nitrogens with zero attached hydrogens (tertiary/aromatic N) is 5. The highest BCUT2D eigenvalue weighted by atomic mass is 16.6. The SMILES string of the molecule is CCCCOC(=O)N1CCN(c2ccccc2Cc2nnn[nH]2)CC1. The van der Waals surface area contributed by atoms with Crippen molar-refractivity contribution in [3.8, 4) is 0 Å². The molecule has 1 aliphatic rings. The van der Waals surface area contributed by atoms with E-state index in [9.17, 15) is 4.79 Å². The van der Waals surface area contributed by atoms with Crippen LogP contribution in [-0.2, 0) is 11.2 Å². The topological polar surface area (TPSA) is 87.2 Å². The van der Waals surface area contributed by atoms with Gasteiger partial charge in [-0.25, -0.2) is 9.89 Å². The van der Waals surface area contributed by atoms with Crippen LogP contribution in [0.4, 0.5) is 10.5 Å². The third kappa shape index (κ3) is 4.46. The van der Waals surface area contributed by atoms with Crippen LogP contribution in [-0.4, -0.2) is 64.4 Å². The smallest absolute Gasteiger partial charge is 0.409 e. The Morgan fingerprint density at radius 2 is 2.04 bits per heavy atom. The zero-order valence-electron chi connectivity index (χ0n) is 14.5. The first-order chi connectivity index (χ1) is 12.3. The molecule has 1 amide bonds. The summed E-state index contributed by atoms with van der Waals surface area (Å²) in [4.78, 5) is 16.1. The van der Waals surface area contributed by atoms with Gasteiger partial charge in [0.2, 0.25) is 0 Å². The number of H-pyrrole nitrogens is 1. The van der Waals surface area contributed by atoms with Gasteiger partial charge in [-0.15, -0.1) is 5.10 Å². The number of carbonyl (C=O) groups excluding carboxylic acids is 1. The number of nitrogens with one attached hydrogen (secondary N) is 1. The molecule has 2 aromatic rings. The van der Waals surface area contributed by atoms with Gasteiger partial charge in [0.05, 0.1) is 6.61 Å².